The van der Waals surface area contributed by atoms with E-state index in [4.69, 9.17) is 4.74 Å². The lowest BCUT2D eigenvalue weighted by molar-refractivity contribution is -0.177. The molecule has 2 fully saturated rings. The van der Waals surface area contributed by atoms with Crippen molar-refractivity contribution in [1.29, 1.82) is 0 Å². The number of aliphatic hydroxyl groups is 1. The maximum absolute atomic E-state index is 14.8. The predicted molar refractivity (Wildman–Crippen MR) is 294 cm³/mol. The third kappa shape index (κ3) is 18.1. The first-order valence-electron chi connectivity index (χ1n) is 28.3. The van der Waals surface area contributed by atoms with Crippen LogP contribution in [-0.2, 0) is 47.9 Å². The summed E-state index contributed by atoms with van der Waals surface area (Å²) in [7, 11) is 5.68. The van der Waals surface area contributed by atoms with Crippen LogP contribution in [0.2, 0.25) is 0 Å². The van der Waals surface area contributed by atoms with Crippen LogP contribution < -0.4 is 16.0 Å². The van der Waals surface area contributed by atoms with Crippen LogP contribution in [0.15, 0.2) is 0 Å². The van der Waals surface area contributed by atoms with Crippen LogP contribution >= 0.6 is 0 Å². The van der Waals surface area contributed by atoms with Gasteiger partial charge in [-0.25, -0.2) is 4.79 Å². The fraction of sp³-hybridized carbons (Fsp3) is 0.842. The third-order valence-electron chi connectivity index (χ3n) is 15.9. The Morgan fingerprint density at radius 3 is 1.57 bits per heavy atom. The molecule has 0 spiro atoms. The van der Waals surface area contributed by atoms with E-state index in [1.807, 2.05) is 34.6 Å². The Morgan fingerprint density at radius 1 is 0.592 bits per heavy atom. The van der Waals surface area contributed by atoms with Crippen molar-refractivity contribution in [1.82, 2.24) is 40.4 Å². The highest BCUT2D eigenvalue weighted by Gasteiger charge is 2.47. The van der Waals surface area contributed by atoms with Crippen LogP contribution in [0.5, 0.6) is 0 Å². The zero-order valence-electron chi connectivity index (χ0n) is 50.3. The molecule has 0 aromatic heterocycles. The van der Waals surface area contributed by atoms with Gasteiger partial charge in [0.2, 0.25) is 41.4 Å². The van der Waals surface area contributed by atoms with Gasteiger partial charge in [-0.15, -0.1) is 0 Å². The van der Waals surface area contributed by atoms with Gasteiger partial charge in [-0.1, -0.05) is 110 Å². The number of esters is 1. The highest BCUT2D eigenvalue weighted by atomic mass is 16.6. The molecule has 0 radical (unpaired) electrons. The summed E-state index contributed by atoms with van der Waals surface area (Å²) in [5.41, 5.74) is -1.95. The summed E-state index contributed by atoms with van der Waals surface area (Å²) in [6, 6.07) is -8.48. The monoisotopic (exact) mass is 1070 g/mol. The van der Waals surface area contributed by atoms with Crippen molar-refractivity contribution >= 4 is 53.2 Å². The summed E-state index contributed by atoms with van der Waals surface area (Å²) in [6.07, 6.45) is 3.22. The van der Waals surface area contributed by atoms with Crippen molar-refractivity contribution in [3.63, 3.8) is 0 Å². The van der Waals surface area contributed by atoms with Crippen molar-refractivity contribution in [2.24, 2.45) is 47.3 Å². The van der Waals surface area contributed by atoms with Crippen molar-refractivity contribution < 1.29 is 53.0 Å². The second kappa shape index (κ2) is 29.8. The van der Waals surface area contributed by atoms with Crippen molar-refractivity contribution in [3.05, 3.63) is 0 Å². The summed E-state index contributed by atoms with van der Waals surface area (Å²) in [5.74, 6) is -7.48. The number of nitrogens with zero attached hydrogens (tertiary/aromatic N) is 5. The molecule has 0 saturated carbocycles. The molecule has 2 aliphatic rings. The van der Waals surface area contributed by atoms with E-state index in [-0.39, 0.29) is 31.2 Å². The highest BCUT2D eigenvalue weighted by molar-refractivity contribution is 5.98. The molecule has 13 atom stereocenters. The van der Waals surface area contributed by atoms with Crippen LogP contribution in [-0.4, -0.2) is 178 Å². The maximum atomic E-state index is 14.8. The van der Waals surface area contributed by atoms with E-state index >= 15 is 0 Å². The summed E-state index contributed by atoms with van der Waals surface area (Å²) in [5, 5.41) is 20.4. The number of rotatable bonds is 16. The van der Waals surface area contributed by atoms with Gasteiger partial charge < -0.3 is 50.3 Å². The smallest absolute Gasteiger partial charge is 0.332 e. The molecule has 2 rings (SSSR count). The number of nitrogens with one attached hydrogen (secondary N) is 3. The van der Waals surface area contributed by atoms with Crippen molar-refractivity contribution in [2.75, 3.05) is 41.3 Å². The number of hydrogen-bond donors (Lipinski definition) is 4. The summed E-state index contributed by atoms with van der Waals surface area (Å²) < 4.78 is 6.08. The molecule has 0 aromatic carbocycles. The molecule has 2 saturated heterocycles. The van der Waals surface area contributed by atoms with Gasteiger partial charge in [-0.2, -0.15) is 0 Å². The molecule has 8 amide bonds. The number of carbonyl (C=O) groups is 9. The van der Waals surface area contributed by atoms with Gasteiger partial charge in [-0.05, 0) is 100 Å². The molecular weight excluding hydrogens is 973 g/mol. The minimum Gasteiger partial charge on any atom is -0.450 e. The Morgan fingerprint density at radius 2 is 1.09 bits per heavy atom. The van der Waals surface area contributed by atoms with E-state index in [9.17, 15) is 48.3 Å². The lowest BCUT2D eigenvalue weighted by Crippen LogP contribution is -2.63. The van der Waals surface area contributed by atoms with Gasteiger partial charge in [0.05, 0.1) is 12.1 Å². The molecular formula is C57H102N8O11. The van der Waals surface area contributed by atoms with E-state index in [2.05, 4.69) is 36.7 Å². The molecule has 3 unspecified atom stereocenters. The molecule has 436 valence electrons. The number of ether oxygens (including phenoxy) is 1. The minimum atomic E-state index is -1.95. The quantitative estimate of drug-likeness (QED) is 0.150. The Balaban J connectivity index is 2.94. The van der Waals surface area contributed by atoms with Gasteiger partial charge >= 0.3 is 5.97 Å². The zero-order chi connectivity index (χ0) is 58.4. The van der Waals surface area contributed by atoms with E-state index in [1.165, 1.54) is 61.6 Å². The molecule has 2 heterocycles. The van der Waals surface area contributed by atoms with E-state index in [1.54, 1.807) is 41.5 Å². The predicted octanol–water partition coefficient (Wildman–Crippen LogP) is 5.01. The number of amides is 8. The zero-order valence-corrected chi connectivity index (χ0v) is 50.3. The molecule has 0 aromatic rings. The minimum absolute atomic E-state index is 0.0564. The average molecular weight is 1080 g/mol. The van der Waals surface area contributed by atoms with Crippen LogP contribution in [0.4, 0.5) is 0 Å². The summed E-state index contributed by atoms with van der Waals surface area (Å²) in [4.78, 5) is 138. The van der Waals surface area contributed by atoms with Crippen LogP contribution in [0.1, 0.15) is 169 Å². The van der Waals surface area contributed by atoms with Gasteiger partial charge in [0.25, 0.3) is 5.91 Å². The van der Waals surface area contributed by atoms with Crippen LogP contribution in [0.25, 0.3) is 0 Å². The van der Waals surface area contributed by atoms with Crippen molar-refractivity contribution in [2.45, 2.75) is 223 Å². The van der Waals surface area contributed by atoms with E-state index in [0.29, 0.717) is 37.5 Å². The van der Waals surface area contributed by atoms with Gasteiger partial charge in [0, 0.05) is 40.7 Å². The summed E-state index contributed by atoms with van der Waals surface area (Å²) >= 11 is 0. The fourth-order valence-corrected chi connectivity index (χ4v) is 11.1. The number of cyclic esters (lactones) is 1. The first-order chi connectivity index (χ1) is 35.2. The Labute approximate surface area is 456 Å². The molecule has 19 nitrogen and oxygen atoms in total. The van der Waals surface area contributed by atoms with E-state index in [0.717, 1.165) is 24.2 Å². The van der Waals surface area contributed by atoms with Gasteiger partial charge in [0.1, 0.15) is 36.3 Å². The number of hydrogen-bond acceptors (Lipinski definition) is 11. The Kier molecular flexibility index (Phi) is 26.4. The topological polar surface area (TPSA) is 235 Å². The average Bonchev–Trinajstić information content (AvgIpc) is 3.82. The number of carbonyl (C=O) groups excluding carboxylic acids is 9. The maximum Gasteiger partial charge on any atom is 0.332 e. The van der Waals surface area contributed by atoms with Gasteiger partial charge in [-0.3, -0.25) is 38.4 Å². The number of fused-ring (bicyclic) bond motifs is 1. The highest BCUT2D eigenvalue weighted by Crippen LogP contribution is 2.28. The first-order valence-corrected chi connectivity index (χ1v) is 28.3. The third-order valence-corrected chi connectivity index (χ3v) is 15.9. The molecule has 0 bridgehead atoms. The van der Waals surface area contributed by atoms with Gasteiger partial charge in [0.15, 0.2) is 12.1 Å². The van der Waals surface area contributed by atoms with Crippen molar-refractivity contribution in [3.8, 4) is 0 Å². The Hall–Kier alpha value is -4.81. The fourth-order valence-electron chi connectivity index (χ4n) is 11.1. The summed E-state index contributed by atoms with van der Waals surface area (Å²) in [6.45, 7) is 28.9. The standard InChI is InChI=1S/C57H102N8O11/c1-21-35(10)28-36(11)29-37(12)30-41-52(70)61(17)31-43(66)65-26-24-25-42(65)49(67)60-44(38(13)22-2)54(72)62(18)45(33(6)7)50(68)58-40(27-32(4)5)53(71)64(20)48(57(15,16)75)56(74)76-47(39(14)23-3)55(73)63(19)46(34(8)9)51(69)59-41/h32-42,44-48,75H,21-31H2,1-20H3,(H,58,68)(H,59,69)(H,60,67)/t35-,36-,37-,38+,39+,40-,41-,42-,44?,45?,46?,47+,48+/m0/s1. The second-order valence-corrected chi connectivity index (χ2v) is 24.5. The largest absolute Gasteiger partial charge is 0.450 e. The molecule has 4 N–H and O–H groups in total. The second-order valence-electron chi connectivity index (χ2n) is 24.5. The first kappa shape index (κ1) is 67.3. The SMILES string of the molecule is CC[C@H](C)C[C@H](C)C[C@H](C)C[C@@H]1NC(=O)C(C(C)C)N(C)C(=O)[C@@H]([C@H](C)CC)OC(=O)[C@H](C(C)(C)O)N(C)C(=O)[C@H](CC(C)C)NC(=O)C(C(C)C)N(C)C(=O)C([C@H](C)CC)NC(=O)[C@@H]2CCCN2C(=O)CN(C)C1=O. The normalized spacial score (nSPS) is 27.5. The lowest BCUT2D eigenvalue weighted by Gasteiger charge is -2.39. The molecule has 19 heteroatoms. The lowest BCUT2D eigenvalue weighted by atomic mass is 9.86. The van der Waals surface area contributed by atoms with Crippen LogP contribution in [0.3, 0.4) is 0 Å². The Bertz CT molecular complexity index is 1990. The molecule has 0 aliphatic carbocycles. The number of likely N-dealkylation sites (N-methyl/N-ethyl adjacent to an activating group) is 4. The van der Waals surface area contributed by atoms with Crippen LogP contribution in [0, 0.1) is 47.3 Å². The van der Waals surface area contributed by atoms with E-state index < -0.39 is 137 Å². The molecule has 76 heavy (non-hydrogen) atoms. The molecule has 2 aliphatic heterocycles.